The number of carbonyl (C=O) groups is 1. The first-order chi connectivity index (χ1) is 15.4. The Labute approximate surface area is 205 Å². The predicted molar refractivity (Wildman–Crippen MR) is 129 cm³/mol. The van der Waals surface area contributed by atoms with Crippen molar-refractivity contribution >= 4 is 49.0 Å². The monoisotopic (exact) mass is 532 g/mol. The maximum atomic E-state index is 12.9. The number of carbonyl (C=O) groups excluding carboxylic acids is 1. The molecule has 2 atom stereocenters. The van der Waals surface area contributed by atoms with E-state index in [2.05, 4.69) is 5.32 Å². The van der Waals surface area contributed by atoms with Crippen LogP contribution < -0.4 is 5.32 Å². The highest BCUT2D eigenvalue weighted by Gasteiger charge is 2.33. The van der Waals surface area contributed by atoms with Gasteiger partial charge in [-0.05, 0) is 55.2 Å². The minimum Gasteiger partial charge on any atom is -0.349 e. The molecule has 0 unspecified atom stereocenters. The van der Waals surface area contributed by atoms with E-state index in [4.69, 9.17) is 23.2 Å². The van der Waals surface area contributed by atoms with Crippen molar-refractivity contribution in [2.24, 2.45) is 5.92 Å². The number of hydrogen-bond acceptors (Lipinski definition) is 5. The van der Waals surface area contributed by atoms with Crippen molar-refractivity contribution in [2.75, 3.05) is 19.3 Å². The minimum atomic E-state index is -3.64. The molecular weight excluding hydrogens is 507 g/mol. The number of rotatable bonds is 7. The number of nitrogens with zero attached hydrogens (tertiary/aromatic N) is 1. The van der Waals surface area contributed by atoms with Gasteiger partial charge < -0.3 is 5.32 Å². The zero-order valence-electron chi connectivity index (χ0n) is 18.3. The Bertz CT molecular complexity index is 1230. The van der Waals surface area contributed by atoms with E-state index in [0.717, 1.165) is 11.8 Å². The fourth-order valence-electron chi connectivity index (χ4n) is 3.76. The summed E-state index contributed by atoms with van der Waals surface area (Å²) >= 11 is 11.9. The zero-order chi connectivity index (χ0) is 24.4. The van der Waals surface area contributed by atoms with E-state index < -0.39 is 25.8 Å². The molecule has 0 saturated carbocycles. The largest absolute Gasteiger partial charge is 0.349 e. The van der Waals surface area contributed by atoms with Gasteiger partial charge in [0.05, 0.1) is 32.7 Å². The topological polar surface area (TPSA) is 101 Å². The van der Waals surface area contributed by atoms with Gasteiger partial charge in [0.1, 0.15) is 0 Å². The van der Waals surface area contributed by atoms with Crippen LogP contribution in [0.4, 0.5) is 0 Å². The smallest absolute Gasteiger partial charge is 0.224 e. The highest BCUT2D eigenvalue weighted by Crippen LogP contribution is 2.26. The number of hydrogen-bond donors (Lipinski definition) is 1. The number of sulfone groups is 1. The van der Waals surface area contributed by atoms with Gasteiger partial charge in [-0.2, -0.15) is 0 Å². The van der Waals surface area contributed by atoms with Gasteiger partial charge in [0.25, 0.3) is 0 Å². The van der Waals surface area contributed by atoms with Crippen molar-refractivity contribution in [3.8, 4) is 0 Å². The Morgan fingerprint density at radius 3 is 2.36 bits per heavy atom. The Morgan fingerprint density at radius 2 is 1.76 bits per heavy atom. The first-order valence-corrected chi connectivity index (χ1v) is 14.6. The molecule has 11 heteroatoms. The van der Waals surface area contributed by atoms with Gasteiger partial charge in [0.15, 0.2) is 9.84 Å². The predicted octanol–water partition coefficient (Wildman–Crippen LogP) is 3.82. The van der Waals surface area contributed by atoms with Crippen LogP contribution >= 0.6 is 23.2 Å². The van der Waals surface area contributed by atoms with E-state index in [9.17, 15) is 21.6 Å². The summed E-state index contributed by atoms with van der Waals surface area (Å²) in [6, 6.07) is 10.7. The minimum absolute atomic E-state index is 0.106. The summed E-state index contributed by atoms with van der Waals surface area (Å²) in [5, 5.41) is 3.56. The molecule has 33 heavy (non-hydrogen) atoms. The molecule has 2 aromatic rings. The van der Waals surface area contributed by atoms with Gasteiger partial charge in [0, 0.05) is 19.3 Å². The lowest BCUT2D eigenvalue weighted by molar-refractivity contribution is -0.126. The number of amides is 1. The summed E-state index contributed by atoms with van der Waals surface area (Å²) in [7, 11) is -6.93. The molecule has 0 spiro atoms. The van der Waals surface area contributed by atoms with E-state index >= 15 is 0 Å². The lowest BCUT2D eigenvalue weighted by Gasteiger charge is -2.32. The van der Waals surface area contributed by atoms with Crippen LogP contribution in [0.15, 0.2) is 47.4 Å². The van der Waals surface area contributed by atoms with Crippen molar-refractivity contribution in [2.45, 2.75) is 36.5 Å². The van der Waals surface area contributed by atoms with Crippen molar-refractivity contribution in [3.63, 3.8) is 0 Å². The number of halogens is 2. The first kappa shape index (κ1) is 26.0. The Balaban J connectivity index is 1.64. The maximum Gasteiger partial charge on any atom is 0.224 e. The third kappa shape index (κ3) is 6.70. The molecule has 1 saturated heterocycles. The second-order valence-corrected chi connectivity index (χ2v) is 13.1. The lowest BCUT2D eigenvalue weighted by atomic mass is 9.98. The van der Waals surface area contributed by atoms with E-state index in [1.54, 1.807) is 31.2 Å². The molecule has 0 aliphatic carbocycles. The van der Waals surface area contributed by atoms with E-state index in [1.807, 2.05) is 0 Å². The Kier molecular flexibility index (Phi) is 8.11. The van der Waals surface area contributed by atoms with Crippen LogP contribution in [0.1, 0.15) is 36.9 Å². The molecule has 1 heterocycles. The average molecular weight is 533 g/mol. The molecule has 1 fully saturated rings. The SMILES string of the molecule is C[C@H](NC(=O)[C@H]1CCCN(S(=O)(=O)Cc2ccc(Cl)c(Cl)c2)C1)c1ccc(S(C)(=O)=O)cc1. The van der Waals surface area contributed by atoms with Crippen LogP contribution in [-0.2, 0) is 30.4 Å². The molecule has 180 valence electrons. The fraction of sp³-hybridized carbons (Fsp3) is 0.409. The van der Waals surface area contributed by atoms with Crippen molar-refractivity contribution in [1.29, 1.82) is 0 Å². The van der Waals surface area contributed by atoms with Crippen LogP contribution in [0.2, 0.25) is 10.0 Å². The summed E-state index contributed by atoms with van der Waals surface area (Å²) in [5.74, 6) is -0.925. The first-order valence-electron chi connectivity index (χ1n) is 10.4. The second-order valence-electron chi connectivity index (χ2n) is 8.27. The molecule has 0 bridgehead atoms. The van der Waals surface area contributed by atoms with Gasteiger partial charge in [-0.3, -0.25) is 4.79 Å². The van der Waals surface area contributed by atoms with Crippen LogP contribution in [0.25, 0.3) is 0 Å². The third-order valence-electron chi connectivity index (χ3n) is 5.65. The van der Waals surface area contributed by atoms with Gasteiger partial charge in [-0.1, -0.05) is 41.4 Å². The highest BCUT2D eigenvalue weighted by atomic mass is 35.5. The summed E-state index contributed by atoms with van der Waals surface area (Å²) < 4.78 is 50.5. The molecule has 2 aromatic carbocycles. The normalized spacial score (nSPS) is 18.6. The third-order valence-corrected chi connectivity index (χ3v) is 9.33. The number of benzene rings is 2. The highest BCUT2D eigenvalue weighted by molar-refractivity contribution is 7.90. The molecule has 3 rings (SSSR count). The summed E-state index contributed by atoms with van der Waals surface area (Å²) in [6.45, 7) is 2.26. The zero-order valence-corrected chi connectivity index (χ0v) is 21.4. The quantitative estimate of drug-likeness (QED) is 0.584. The summed E-state index contributed by atoms with van der Waals surface area (Å²) in [4.78, 5) is 13.1. The summed E-state index contributed by atoms with van der Waals surface area (Å²) in [5.41, 5.74) is 1.29. The van der Waals surface area contributed by atoms with Gasteiger partial charge in [0.2, 0.25) is 15.9 Å². The summed E-state index contributed by atoms with van der Waals surface area (Å²) in [6.07, 6.45) is 2.30. The van der Waals surface area contributed by atoms with E-state index in [0.29, 0.717) is 35.0 Å². The van der Waals surface area contributed by atoms with Crippen LogP contribution in [0.3, 0.4) is 0 Å². The molecule has 1 amide bonds. The van der Waals surface area contributed by atoms with Gasteiger partial charge >= 0.3 is 0 Å². The number of piperidine rings is 1. The molecule has 1 aliphatic heterocycles. The fourth-order valence-corrected chi connectivity index (χ4v) is 6.31. The number of sulfonamides is 1. The van der Waals surface area contributed by atoms with Gasteiger partial charge in [-0.25, -0.2) is 21.1 Å². The van der Waals surface area contributed by atoms with Crippen molar-refractivity contribution < 1.29 is 21.6 Å². The Morgan fingerprint density at radius 1 is 1.09 bits per heavy atom. The molecule has 7 nitrogen and oxygen atoms in total. The Hall–Kier alpha value is -1.65. The molecule has 1 N–H and O–H groups in total. The van der Waals surface area contributed by atoms with Crippen molar-refractivity contribution in [3.05, 3.63) is 63.6 Å². The standard InChI is InChI=1S/C22H26Cl2N2O5S2/c1-15(17-6-8-19(9-7-17)32(2,28)29)25-22(27)18-4-3-11-26(13-18)33(30,31)14-16-5-10-20(23)21(24)12-16/h5-10,12,15,18H,3-4,11,13-14H2,1-2H3,(H,25,27)/t15-,18-/m0/s1. The molecule has 1 aliphatic rings. The van der Waals surface area contributed by atoms with E-state index in [-0.39, 0.29) is 29.1 Å². The van der Waals surface area contributed by atoms with Crippen molar-refractivity contribution in [1.82, 2.24) is 9.62 Å². The van der Waals surface area contributed by atoms with Gasteiger partial charge in [-0.15, -0.1) is 0 Å². The number of nitrogens with one attached hydrogen (secondary N) is 1. The van der Waals surface area contributed by atoms with Crippen LogP contribution in [0.5, 0.6) is 0 Å². The van der Waals surface area contributed by atoms with Crippen LogP contribution in [-0.4, -0.2) is 46.4 Å². The molecule has 0 aromatic heterocycles. The van der Waals surface area contributed by atoms with E-state index in [1.165, 1.54) is 22.5 Å². The maximum absolute atomic E-state index is 12.9. The molecule has 0 radical (unpaired) electrons. The second kappa shape index (κ2) is 10.3. The lowest BCUT2D eigenvalue weighted by Crippen LogP contribution is -2.46. The van der Waals surface area contributed by atoms with Crippen LogP contribution in [0, 0.1) is 5.92 Å². The molecular formula is C22H26Cl2N2O5S2. The average Bonchev–Trinajstić information content (AvgIpc) is 2.75.